The summed E-state index contributed by atoms with van der Waals surface area (Å²) in [6.07, 6.45) is 0. The van der Waals surface area contributed by atoms with E-state index < -0.39 is 12.0 Å². The Morgan fingerprint density at radius 1 is 1.13 bits per heavy atom. The Hall–Kier alpha value is -1.88. The van der Waals surface area contributed by atoms with Crippen molar-refractivity contribution >= 4 is 17.6 Å². The van der Waals surface area contributed by atoms with Crippen molar-refractivity contribution < 1.29 is 14.3 Å². The fourth-order valence-corrected chi connectivity index (χ4v) is 2.71. The number of benzene rings is 1. The average molecular weight is 320 g/mol. The number of amides is 1. The number of hydrogen-bond acceptors (Lipinski definition) is 4. The van der Waals surface area contributed by atoms with Gasteiger partial charge in [0.25, 0.3) is 0 Å². The number of ether oxygens (including phenoxy) is 1. The highest BCUT2D eigenvalue weighted by Crippen LogP contribution is 2.27. The molecule has 23 heavy (non-hydrogen) atoms. The van der Waals surface area contributed by atoms with Crippen LogP contribution in [0.4, 0.5) is 5.69 Å². The first-order valence-corrected chi connectivity index (χ1v) is 8.05. The first-order valence-electron chi connectivity index (χ1n) is 8.05. The van der Waals surface area contributed by atoms with Crippen LogP contribution in [-0.2, 0) is 14.3 Å². The Kier molecular flexibility index (Phi) is 7.23. The van der Waals surface area contributed by atoms with Crippen molar-refractivity contribution in [1.82, 2.24) is 4.90 Å². The first-order chi connectivity index (χ1) is 10.9. The third-order valence-electron chi connectivity index (χ3n) is 4.13. The quantitative estimate of drug-likeness (QED) is 0.725. The summed E-state index contributed by atoms with van der Waals surface area (Å²) < 4.78 is 4.86. The average Bonchev–Trinajstić information content (AvgIpc) is 2.54. The van der Waals surface area contributed by atoms with E-state index in [0.29, 0.717) is 0 Å². The van der Waals surface area contributed by atoms with Gasteiger partial charge in [-0.15, -0.1) is 0 Å². The summed E-state index contributed by atoms with van der Waals surface area (Å²) in [4.78, 5) is 28.6. The van der Waals surface area contributed by atoms with Gasteiger partial charge in [0.05, 0.1) is 19.3 Å². The lowest BCUT2D eigenvalue weighted by Gasteiger charge is -2.32. The monoisotopic (exact) mass is 320 g/mol. The Labute approximate surface area is 139 Å². The molecule has 5 nitrogen and oxygen atoms in total. The lowest BCUT2D eigenvalue weighted by molar-refractivity contribution is -0.143. The van der Waals surface area contributed by atoms with Crippen molar-refractivity contribution in [3.05, 3.63) is 29.3 Å². The summed E-state index contributed by atoms with van der Waals surface area (Å²) in [5, 5.41) is 0. The van der Waals surface area contributed by atoms with Crippen LogP contribution in [0.2, 0.25) is 0 Å². The maximum absolute atomic E-state index is 12.9. The summed E-state index contributed by atoms with van der Waals surface area (Å²) in [7, 11) is 1.34. The van der Waals surface area contributed by atoms with Gasteiger partial charge in [0.1, 0.15) is 6.04 Å². The predicted octanol–water partition coefficient (Wildman–Crippen LogP) is 2.54. The SMILES string of the molecule is CCN(CC)CC(=O)N(c1c(C)cccc1C)C(C)C(=O)OC. The van der Waals surface area contributed by atoms with Crippen molar-refractivity contribution in [2.24, 2.45) is 0 Å². The topological polar surface area (TPSA) is 49.9 Å². The zero-order valence-electron chi connectivity index (χ0n) is 15.0. The fraction of sp³-hybridized carbons (Fsp3) is 0.556. The molecule has 1 amide bonds. The van der Waals surface area contributed by atoms with Crippen LogP contribution in [0.3, 0.4) is 0 Å². The van der Waals surface area contributed by atoms with Gasteiger partial charge < -0.3 is 4.74 Å². The van der Waals surface area contributed by atoms with Gasteiger partial charge in [0, 0.05) is 0 Å². The molecule has 0 spiro atoms. The summed E-state index contributed by atoms with van der Waals surface area (Å²) in [5.41, 5.74) is 2.73. The Morgan fingerprint density at radius 2 is 1.65 bits per heavy atom. The highest BCUT2D eigenvalue weighted by Gasteiger charge is 2.30. The van der Waals surface area contributed by atoms with Crippen molar-refractivity contribution in [2.75, 3.05) is 31.6 Å². The van der Waals surface area contributed by atoms with Gasteiger partial charge in [0.2, 0.25) is 5.91 Å². The van der Waals surface area contributed by atoms with E-state index in [4.69, 9.17) is 4.74 Å². The van der Waals surface area contributed by atoms with Crippen LogP contribution in [-0.4, -0.2) is 49.6 Å². The van der Waals surface area contributed by atoms with E-state index in [-0.39, 0.29) is 12.5 Å². The van der Waals surface area contributed by atoms with Crippen molar-refractivity contribution in [3.63, 3.8) is 0 Å². The molecule has 0 aliphatic rings. The standard InChI is InChI=1S/C18H28N2O3/c1-7-19(8-2)12-16(21)20(15(5)18(22)23-6)17-13(3)10-9-11-14(17)4/h9-11,15H,7-8,12H2,1-6H3. The van der Waals surface area contributed by atoms with Crippen molar-refractivity contribution in [1.29, 1.82) is 0 Å². The zero-order chi connectivity index (χ0) is 17.6. The van der Waals surface area contributed by atoms with Crippen LogP contribution in [0.5, 0.6) is 0 Å². The predicted molar refractivity (Wildman–Crippen MR) is 92.7 cm³/mol. The molecule has 0 aromatic heterocycles. The number of para-hydroxylation sites is 1. The number of esters is 1. The zero-order valence-corrected chi connectivity index (χ0v) is 15.0. The number of methoxy groups -OCH3 is 1. The third-order valence-corrected chi connectivity index (χ3v) is 4.13. The molecule has 1 rings (SSSR count). The lowest BCUT2D eigenvalue weighted by Crippen LogP contribution is -2.49. The summed E-state index contributed by atoms with van der Waals surface area (Å²) in [5.74, 6) is -0.510. The van der Waals surface area contributed by atoms with Crippen LogP contribution in [0.15, 0.2) is 18.2 Å². The maximum atomic E-state index is 12.9. The molecule has 0 bridgehead atoms. The Bertz CT molecular complexity index is 533. The molecule has 0 radical (unpaired) electrons. The van der Waals surface area contributed by atoms with Crippen LogP contribution in [0, 0.1) is 13.8 Å². The molecule has 0 fully saturated rings. The van der Waals surface area contributed by atoms with E-state index in [1.807, 2.05) is 50.8 Å². The summed E-state index contributed by atoms with van der Waals surface area (Å²) >= 11 is 0. The molecule has 0 saturated carbocycles. The molecule has 1 unspecified atom stereocenters. The normalized spacial score (nSPS) is 12.1. The summed E-state index contributed by atoms with van der Waals surface area (Å²) in [6, 6.07) is 5.18. The van der Waals surface area contributed by atoms with Crippen LogP contribution < -0.4 is 4.90 Å². The van der Waals surface area contributed by atoms with Gasteiger partial charge in [-0.3, -0.25) is 14.6 Å². The fourth-order valence-electron chi connectivity index (χ4n) is 2.71. The number of anilines is 1. The van der Waals surface area contributed by atoms with E-state index in [9.17, 15) is 9.59 Å². The molecular weight excluding hydrogens is 292 g/mol. The molecule has 0 aliphatic carbocycles. The molecular formula is C18H28N2O3. The lowest BCUT2D eigenvalue weighted by atomic mass is 10.1. The molecule has 128 valence electrons. The molecule has 0 aliphatic heterocycles. The minimum Gasteiger partial charge on any atom is -0.467 e. The van der Waals surface area contributed by atoms with Crippen LogP contribution in [0.1, 0.15) is 31.9 Å². The number of aryl methyl sites for hydroxylation is 2. The second kappa shape index (κ2) is 8.67. The van der Waals surface area contributed by atoms with Gasteiger partial charge >= 0.3 is 5.97 Å². The largest absolute Gasteiger partial charge is 0.467 e. The van der Waals surface area contributed by atoms with Gasteiger partial charge in [-0.25, -0.2) is 4.79 Å². The number of carbonyl (C=O) groups is 2. The third kappa shape index (κ3) is 4.55. The first kappa shape index (κ1) is 19.2. The number of nitrogens with zero attached hydrogens (tertiary/aromatic N) is 2. The second-order valence-electron chi connectivity index (χ2n) is 5.66. The second-order valence-corrected chi connectivity index (χ2v) is 5.66. The highest BCUT2D eigenvalue weighted by molar-refractivity contribution is 6.01. The highest BCUT2D eigenvalue weighted by atomic mass is 16.5. The van der Waals surface area contributed by atoms with Gasteiger partial charge in [-0.05, 0) is 45.0 Å². The number of rotatable bonds is 7. The number of carbonyl (C=O) groups excluding carboxylic acids is 2. The van der Waals surface area contributed by atoms with E-state index in [1.54, 1.807) is 11.8 Å². The van der Waals surface area contributed by atoms with E-state index in [2.05, 4.69) is 0 Å². The number of likely N-dealkylation sites (N-methyl/N-ethyl adjacent to an activating group) is 1. The number of hydrogen-bond donors (Lipinski definition) is 0. The minimum atomic E-state index is -0.664. The molecule has 1 aromatic rings. The van der Waals surface area contributed by atoms with Crippen LogP contribution >= 0.6 is 0 Å². The molecule has 0 saturated heterocycles. The van der Waals surface area contributed by atoms with Crippen molar-refractivity contribution in [3.8, 4) is 0 Å². The minimum absolute atomic E-state index is 0.0935. The van der Waals surface area contributed by atoms with Gasteiger partial charge in [-0.2, -0.15) is 0 Å². The Morgan fingerprint density at radius 3 is 2.09 bits per heavy atom. The molecule has 0 N–H and O–H groups in total. The molecule has 0 heterocycles. The summed E-state index contributed by atoms with van der Waals surface area (Å²) in [6.45, 7) is 11.5. The molecule has 1 aromatic carbocycles. The van der Waals surface area contributed by atoms with Gasteiger partial charge in [0.15, 0.2) is 0 Å². The van der Waals surface area contributed by atoms with Gasteiger partial charge in [-0.1, -0.05) is 32.0 Å². The Balaban J connectivity index is 3.27. The van der Waals surface area contributed by atoms with E-state index in [0.717, 1.165) is 29.9 Å². The van der Waals surface area contributed by atoms with Crippen LogP contribution in [0.25, 0.3) is 0 Å². The van der Waals surface area contributed by atoms with E-state index in [1.165, 1.54) is 7.11 Å². The maximum Gasteiger partial charge on any atom is 0.328 e. The van der Waals surface area contributed by atoms with E-state index >= 15 is 0 Å². The molecule has 5 heteroatoms. The smallest absolute Gasteiger partial charge is 0.328 e. The van der Waals surface area contributed by atoms with Crippen molar-refractivity contribution in [2.45, 2.75) is 40.7 Å². The molecule has 1 atom stereocenters.